The number of aromatic amines is 1. The van der Waals surface area contributed by atoms with E-state index in [9.17, 15) is 14.4 Å². The highest BCUT2D eigenvalue weighted by molar-refractivity contribution is 7.20. The second-order valence-corrected chi connectivity index (χ2v) is 7.29. The van der Waals surface area contributed by atoms with Gasteiger partial charge in [0.05, 0.1) is 24.6 Å². The van der Waals surface area contributed by atoms with E-state index >= 15 is 0 Å². The molecule has 1 N–H and O–H groups in total. The molecule has 1 atom stereocenters. The summed E-state index contributed by atoms with van der Waals surface area (Å²) in [5.41, 5.74) is 0.279. The molecule has 0 aliphatic carbocycles. The summed E-state index contributed by atoms with van der Waals surface area (Å²) in [5, 5.41) is 0.404. The first-order valence-electron chi connectivity index (χ1n) is 8.28. The maximum absolute atomic E-state index is 12.5. The van der Waals surface area contributed by atoms with Crippen LogP contribution in [-0.2, 0) is 9.53 Å². The zero-order valence-corrected chi connectivity index (χ0v) is 16.7. The van der Waals surface area contributed by atoms with E-state index in [1.54, 1.807) is 39.9 Å². The Bertz CT molecular complexity index is 887. The number of hydrogen-bond donors (Lipinski definition) is 1. The third kappa shape index (κ3) is 3.94. The minimum Gasteiger partial charge on any atom is -0.462 e. The molecular weight excluding hydrogens is 356 g/mol. The predicted molar refractivity (Wildman–Crippen MR) is 101 cm³/mol. The molecule has 1 amide bonds. The van der Waals surface area contributed by atoms with E-state index in [1.807, 2.05) is 6.92 Å². The highest BCUT2D eigenvalue weighted by Crippen LogP contribution is 2.28. The summed E-state index contributed by atoms with van der Waals surface area (Å²) in [6.07, 6.45) is 0. The Morgan fingerprint density at radius 2 is 1.96 bits per heavy atom. The Balaban J connectivity index is 2.40. The molecule has 0 spiro atoms. The minimum absolute atomic E-state index is 0.0423. The number of carbonyl (C=O) groups excluding carboxylic acids is 2. The number of nitrogens with one attached hydrogen (secondary N) is 1. The van der Waals surface area contributed by atoms with E-state index in [2.05, 4.69) is 9.97 Å². The number of H-pyrrole nitrogens is 1. The maximum atomic E-state index is 12.5. The molecule has 2 aromatic heterocycles. The number of ether oxygens (including phenoxy) is 1. The van der Waals surface area contributed by atoms with Crippen molar-refractivity contribution in [1.82, 2.24) is 19.8 Å². The van der Waals surface area contributed by atoms with Crippen LogP contribution in [0.25, 0.3) is 10.2 Å². The average molecular weight is 380 g/mol. The summed E-state index contributed by atoms with van der Waals surface area (Å²) in [4.78, 5) is 48.0. The minimum atomic E-state index is -0.448. The lowest BCUT2D eigenvalue weighted by Gasteiger charge is -2.24. The first-order valence-corrected chi connectivity index (χ1v) is 9.09. The SMILES string of the molecule is CCOC(=O)c1sc2nc([C@@H](C)N(C)CC(=O)N(C)C)[nH]c(=O)c2c1C. The van der Waals surface area contributed by atoms with Crippen molar-refractivity contribution in [3.8, 4) is 0 Å². The maximum Gasteiger partial charge on any atom is 0.348 e. The highest BCUT2D eigenvalue weighted by Gasteiger charge is 2.23. The van der Waals surface area contributed by atoms with E-state index in [4.69, 9.17) is 4.74 Å². The molecule has 0 saturated carbocycles. The lowest BCUT2D eigenvalue weighted by Crippen LogP contribution is -2.36. The Morgan fingerprint density at radius 1 is 1.31 bits per heavy atom. The van der Waals surface area contributed by atoms with Gasteiger partial charge in [0.25, 0.3) is 5.56 Å². The van der Waals surface area contributed by atoms with Crippen LogP contribution in [0.3, 0.4) is 0 Å². The van der Waals surface area contributed by atoms with Gasteiger partial charge in [-0.25, -0.2) is 9.78 Å². The quantitative estimate of drug-likeness (QED) is 0.764. The summed E-state index contributed by atoms with van der Waals surface area (Å²) in [5.74, 6) is -0.0387. The van der Waals surface area contributed by atoms with E-state index in [0.717, 1.165) is 11.3 Å². The van der Waals surface area contributed by atoms with Crippen molar-refractivity contribution < 1.29 is 14.3 Å². The number of rotatable bonds is 6. The Hall–Kier alpha value is -2.26. The largest absolute Gasteiger partial charge is 0.462 e. The molecule has 0 saturated heterocycles. The van der Waals surface area contributed by atoms with Gasteiger partial charge in [-0.2, -0.15) is 0 Å². The first-order chi connectivity index (χ1) is 12.2. The van der Waals surface area contributed by atoms with Gasteiger partial charge in [0.1, 0.15) is 15.5 Å². The van der Waals surface area contributed by atoms with E-state index in [-0.39, 0.29) is 30.7 Å². The predicted octanol–water partition coefficient (Wildman–Crippen LogP) is 1.55. The molecule has 2 heterocycles. The van der Waals surface area contributed by atoms with Crippen molar-refractivity contribution >= 4 is 33.4 Å². The molecule has 8 nitrogen and oxygen atoms in total. The fourth-order valence-electron chi connectivity index (χ4n) is 2.45. The van der Waals surface area contributed by atoms with Crippen molar-refractivity contribution in [1.29, 1.82) is 0 Å². The number of fused-ring (bicyclic) bond motifs is 1. The third-order valence-electron chi connectivity index (χ3n) is 4.22. The topological polar surface area (TPSA) is 95.6 Å². The second kappa shape index (κ2) is 7.96. The van der Waals surface area contributed by atoms with Gasteiger partial charge in [0.15, 0.2) is 0 Å². The number of amides is 1. The van der Waals surface area contributed by atoms with Gasteiger partial charge in [-0.15, -0.1) is 11.3 Å². The van der Waals surface area contributed by atoms with Gasteiger partial charge < -0.3 is 14.6 Å². The summed E-state index contributed by atoms with van der Waals surface area (Å²) >= 11 is 1.15. The van der Waals surface area contributed by atoms with Crippen LogP contribution >= 0.6 is 11.3 Å². The van der Waals surface area contributed by atoms with Crippen LogP contribution < -0.4 is 5.56 Å². The van der Waals surface area contributed by atoms with Crippen LogP contribution in [0, 0.1) is 6.92 Å². The second-order valence-electron chi connectivity index (χ2n) is 6.29. The van der Waals surface area contributed by atoms with Crippen LogP contribution in [0.15, 0.2) is 4.79 Å². The van der Waals surface area contributed by atoms with Gasteiger partial charge >= 0.3 is 5.97 Å². The van der Waals surface area contributed by atoms with Crippen molar-refractivity contribution in [3.63, 3.8) is 0 Å². The van der Waals surface area contributed by atoms with Gasteiger partial charge in [0.2, 0.25) is 5.91 Å². The van der Waals surface area contributed by atoms with Crippen LogP contribution in [0.5, 0.6) is 0 Å². The monoisotopic (exact) mass is 380 g/mol. The van der Waals surface area contributed by atoms with Gasteiger partial charge in [-0.3, -0.25) is 14.5 Å². The molecule has 0 radical (unpaired) electrons. The van der Waals surface area contributed by atoms with Crippen LogP contribution in [-0.4, -0.2) is 65.9 Å². The van der Waals surface area contributed by atoms with Gasteiger partial charge in [0, 0.05) is 14.1 Å². The average Bonchev–Trinajstić information content (AvgIpc) is 2.91. The molecule has 9 heteroatoms. The summed E-state index contributed by atoms with van der Waals surface area (Å²) in [6.45, 7) is 5.78. The smallest absolute Gasteiger partial charge is 0.348 e. The number of nitrogens with zero attached hydrogens (tertiary/aromatic N) is 3. The molecule has 26 heavy (non-hydrogen) atoms. The number of likely N-dealkylation sites (N-methyl/N-ethyl adjacent to an activating group) is 2. The van der Waals surface area contributed by atoms with Crippen LogP contribution in [0.2, 0.25) is 0 Å². The number of carbonyl (C=O) groups is 2. The van der Waals surface area contributed by atoms with Crippen molar-refractivity contribution in [3.05, 3.63) is 26.6 Å². The first kappa shape index (κ1) is 20.1. The van der Waals surface area contributed by atoms with Gasteiger partial charge in [-0.1, -0.05) is 0 Å². The summed E-state index contributed by atoms with van der Waals surface area (Å²) in [6, 6.07) is -0.274. The molecule has 0 bridgehead atoms. The number of hydrogen-bond acceptors (Lipinski definition) is 7. The van der Waals surface area contributed by atoms with Crippen molar-refractivity contribution in [2.24, 2.45) is 0 Å². The van der Waals surface area contributed by atoms with Crippen LogP contribution in [0.1, 0.15) is 40.9 Å². The van der Waals surface area contributed by atoms with Crippen LogP contribution in [0.4, 0.5) is 0 Å². The zero-order valence-electron chi connectivity index (χ0n) is 15.9. The van der Waals surface area contributed by atoms with Crippen molar-refractivity contribution in [2.45, 2.75) is 26.8 Å². The molecule has 0 aliphatic heterocycles. The molecule has 0 aromatic carbocycles. The molecule has 0 aliphatic rings. The highest BCUT2D eigenvalue weighted by atomic mass is 32.1. The fraction of sp³-hybridized carbons (Fsp3) is 0.529. The van der Waals surface area contributed by atoms with E-state index in [0.29, 0.717) is 26.5 Å². The normalized spacial score (nSPS) is 12.4. The lowest BCUT2D eigenvalue weighted by atomic mass is 10.2. The van der Waals surface area contributed by atoms with E-state index < -0.39 is 5.97 Å². The number of aryl methyl sites for hydroxylation is 1. The Labute approximate surface area is 155 Å². The number of esters is 1. The van der Waals surface area contributed by atoms with Crippen molar-refractivity contribution in [2.75, 3.05) is 34.3 Å². The molecule has 0 fully saturated rings. The summed E-state index contributed by atoms with van der Waals surface area (Å²) < 4.78 is 5.04. The molecule has 0 unspecified atom stereocenters. The Kier molecular flexibility index (Phi) is 6.14. The molecule has 2 aromatic rings. The number of aromatic nitrogens is 2. The Morgan fingerprint density at radius 3 is 2.54 bits per heavy atom. The van der Waals surface area contributed by atoms with Gasteiger partial charge in [-0.05, 0) is 33.4 Å². The standard InChI is InChI=1S/C17H24N4O4S/c1-7-25-17(24)13-9(2)12-15(23)18-14(19-16(12)26-13)10(3)21(6)8-11(22)20(4)5/h10H,7-8H2,1-6H3,(H,18,19,23)/t10-/m1/s1. The molecule has 142 valence electrons. The van der Waals surface area contributed by atoms with E-state index in [1.165, 1.54) is 4.90 Å². The third-order valence-corrected chi connectivity index (χ3v) is 5.39. The zero-order chi connectivity index (χ0) is 19.6. The fourth-order valence-corrected chi connectivity index (χ4v) is 3.53. The molecule has 2 rings (SSSR count). The summed E-state index contributed by atoms with van der Waals surface area (Å²) in [7, 11) is 5.18. The lowest BCUT2D eigenvalue weighted by molar-refractivity contribution is -0.130. The molecular formula is C17H24N4O4S. The number of thiophene rings is 1.